The quantitative estimate of drug-likeness (QED) is 0.769. The number of hydrogen-bond acceptors (Lipinski definition) is 3. The van der Waals surface area contributed by atoms with Gasteiger partial charge in [-0.1, -0.05) is 18.5 Å². The van der Waals surface area contributed by atoms with E-state index in [2.05, 4.69) is 5.32 Å². The summed E-state index contributed by atoms with van der Waals surface area (Å²) in [6.45, 7) is 1.55. The SMILES string of the molecule is CC[C@H](C(=O)Nc1ccc(F)cc1F)N(c1ccc(F)c(Cl)c1)S(C)(=O)=O. The number of halogens is 4. The molecule has 2 aromatic rings. The smallest absolute Gasteiger partial charge is 0.248 e. The molecule has 0 saturated heterocycles. The average Bonchev–Trinajstić information content (AvgIpc) is 2.56. The summed E-state index contributed by atoms with van der Waals surface area (Å²) in [5.41, 5.74) is -0.323. The van der Waals surface area contributed by atoms with Crippen molar-refractivity contribution in [2.45, 2.75) is 19.4 Å². The van der Waals surface area contributed by atoms with Crippen molar-refractivity contribution >= 4 is 38.9 Å². The van der Waals surface area contributed by atoms with Crippen molar-refractivity contribution in [3.63, 3.8) is 0 Å². The second-order valence-corrected chi connectivity index (χ2v) is 7.96. The zero-order valence-corrected chi connectivity index (χ0v) is 15.9. The van der Waals surface area contributed by atoms with Crippen LogP contribution in [0.3, 0.4) is 0 Å². The van der Waals surface area contributed by atoms with Crippen LogP contribution in [0.4, 0.5) is 24.5 Å². The maximum atomic E-state index is 13.8. The molecule has 0 aliphatic carbocycles. The lowest BCUT2D eigenvalue weighted by Gasteiger charge is -2.30. The molecule has 0 aliphatic rings. The molecule has 0 spiro atoms. The van der Waals surface area contributed by atoms with Crippen LogP contribution in [0.15, 0.2) is 36.4 Å². The van der Waals surface area contributed by atoms with Crippen LogP contribution < -0.4 is 9.62 Å². The van der Waals surface area contributed by atoms with Crippen LogP contribution in [0.25, 0.3) is 0 Å². The summed E-state index contributed by atoms with van der Waals surface area (Å²) in [6, 6.07) is 4.50. The van der Waals surface area contributed by atoms with Crippen molar-refractivity contribution in [2.75, 3.05) is 15.9 Å². The van der Waals surface area contributed by atoms with Crippen LogP contribution >= 0.6 is 11.6 Å². The van der Waals surface area contributed by atoms with Gasteiger partial charge in [0.15, 0.2) is 0 Å². The highest BCUT2D eigenvalue weighted by molar-refractivity contribution is 7.92. The second kappa shape index (κ2) is 8.18. The van der Waals surface area contributed by atoms with E-state index < -0.39 is 39.4 Å². The predicted molar refractivity (Wildman–Crippen MR) is 97.8 cm³/mol. The van der Waals surface area contributed by atoms with E-state index in [1.54, 1.807) is 6.92 Å². The summed E-state index contributed by atoms with van der Waals surface area (Å²) < 4.78 is 65.5. The van der Waals surface area contributed by atoms with Crippen LogP contribution in [0, 0.1) is 17.5 Å². The molecular weight excluding hydrogens is 405 g/mol. The molecule has 0 saturated carbocycles. The fourth-order valence-electron chi connectivity index (χ4n) is 2.49. The summed E-state index contributed by atoms with van der Waals surface area (Å²) >= 11 is 5.72. The van der Waals surface area contributed by atoms with Gasteiger partial charge in [-0.25, -0.2) is 21.6 Å². The van der Waals surface area contributed by atoms with Crippen LogP contribution in [0.2, 0.25) is 5.02 Å². The van der Waals surface area contributed by atoms with Crippen LogP contribution in [-0.2, 0) is 14.8 Å². The Balaban J connectivity index is 2.42. The van der Waals surface area contributed by atoms with Gasteiger partial charge >= 0.3 is 0 Å². The highest BCUT2D eigenvalue weighted by Crippen LogP contribution is 2.28. The number of anilines is 2. The Hall–Kier alpha value is -2.26. The van der Waals surface area contributed by atoms with Crippen molar-refractivity contribution in [1.82, 2.24) is 0 Å². The lowest BCUT2D eigenvalue weighted by molar-refractivity contribution is -0.117. The Kier molecular flexibility index (Phi) is 6.38. The van der Waals surface area contributed by atoms with E-state index in [0.29, 0.717) is 6.07 Å². The number of sulfonamides is 1. The minimum absolute atomic E-state index is 0.0227. The lowest BCUT2D eigenvalue weighted by Crippen LogP contribution is -2.47. The zero-order valence-electron chi connectivity index (χ0n) is 14.3. The molecule has 1 N–H and O–H groups in total. The van der Waals surface area contributed by atoms with Crippen molar-refractivity contribution in [1.29, 1.82) is 0 Å². The summed E-state index contributed by atoms with van der Waals surface area (Å²) in [4.78, 5) is 12.6. The number of rotatable bonds is 6. The van der Waals surface area contributed by atoms with Crippen LogP contribution in [-0.4, -0.2) is 26.6 Å². The molecule has 27 heavy (non-hydrogen) atoms. The van der Waals surface area contributed by atoms with E-state index in [9.17, 15) is 26.4 Å². The first-order valence-electron chi connectivity index (χ1n) is 7.75. The maximum Gasteiger partial charge on any atom is 0.248 e. The number of carbonyl (C=O) groups is 1. The van der Waals surface area contributed by atoms with E-state index in [4.69, 9.17) is 11.6 Å². The van der Waals surface area contributed by atoms with Crippen molar-refractivity contribution in [3.05, 3.63) is 58.9 Å². The van der Waals surface area contributed by atoms with Gasteiger partial charge in [0, 0.05) is 6.07 Å². The molecule has 2 rings (SSSR count). The van der Waals surface area contributed by atoms with E-state index in [0.717, 1.165) is 40.9 Å². The first-order chi connectivity index (χ1) is 12.5. The van der Waals surface area contributed by atoms with Gasteiger partial charge in [0.2, 0.25) is 15.9 Å². The van der Waals surface area contributed by atoms with Crippen molar-refractivity contribution < 1.29 is 26.4 Å². The molecule has 0 radical (unpaired) electrons. The predicted octanol–water partition coefficient (Wildman–Crippen LogP) is 3.94. The van der Waals surface area contributed by atoms with Gasteiger partial charge in [-0.05, 0) is 36.8 Å². The Labute approximate surface area is 159 Å². The monoisotopic (exact) mass is 420 g/mol. The van der Waals surface area contributed by atoms with Gasteiger partial charge in [-0.2, -0.15) is 0 Å². The maximum absolute atomic E-state index is 13.8. The third-order valence-electron chi connectivity index (χ3n) is 3.68. The van der Waals surface area contributed by atoms with E-state index in [1.165, 1.54) is 0 Å². The summed E-state index contributed by atoms with van der Waals surface area (Å²) in [6.07, 6.45) is 0.898. The average molecular weight is 421 g/mol. The normalized spacial score (nSPS) is 12.5. The Morgan fingerprint density at radius 2 is 1.81 bits per heavy atom. The largest absolute Gasteiger partial charge is 0.322 e. The fourth-order valence-corrected chi connectivity index (χ4v) is 3.87. The van der Waals surface area contributed by atoms with E-state index in [-0.39, 0.29) is 22.8 Å². The molecule has 0 unspecified atom stereocenters. The molecule has 0 aromatic heterocycles. The molecule has 0 aliphatic heterocycles. The first kappa shape index (κ1) is 21.0. The van der Waals surface area contributed by atoms with Gasteiger partial charge < -0.3 is 5.32 Å². The van der Waals surface area contributed by atoms with Crippen LogP contribution in [0.5, 0.6) is 0 Å². The summed E-state index contributed by atoms with van der Waals surface area (Å²) in [5, 5.41) is 1.92. The number of nitrogens with zero attached hydrogens (tertiary/aromatic N) is 1. The first-order valence-corrected chi connectivity index (χ1v) is 9.97. The molecule has 2 aromatic carbocycles. The fraction of sp³-hybridized carbons (Fsp3) is 0.235. The topological polar surface area (TPSA) is 66.5 Å². The van der Waals surface area contributed by atoms with Gasteiger partial charge in [-0.3, -0.25) is 9.10 Å². The molecule has 10 heteroatoms. The van der Waals surface area contributed by atoms with Crippen LogP contribution in [0.1, 0.15) is 13.3 Å². The van der Waals surface area contributed by atoms with Gasteiger partial charge in [-0.15, -0.1) is 0 Å². The standard InChI is InChI=1S/C17H16ClF3N2O3S/c1-3-16(17(24)22-15-7-4-10(19)8-14(15)21)23(27(2,25)26)11-5-6-13(20)12(18)9-11/h4-9,16H,3H2,1-2H3,(H,22,24)/t16-/m1/s1. The molecule has 0 fully saturated rings. The molecule has 1 atom stereocenters. The highest BCUT2D eigenvalue weighted by Gasteiger charge is 2.32. The van der Waals surface area contributed by atoms with Gasteiger partial charge in [0.1, 0.15) is 23.5 Å². The molecular formula is C17H16ClF3N2O3S. The Bertz CT molecular complexity index is 970. The number of amides is 1. The molecule has 0 heterocycles. The molecule has 1 amide bonds. The summed E-state index contributed by atoms with van der Waals surface area (Å²) in [5.74, 6) is -3.42. The number of benzene rings is 2. The summed E-state index contributed by atoms with van der Waals surface area (Å²) in [7, 11) is -3.98. The zero-order chi connectivity index (χ0) is 20.4. The molecule has 146 valence electrons. The van der Waals surface area contributed by atoms with E-state index in [1.807, 2.05) is 0 Å². The minimum atomic E-state index is -3.98. The third kappa shape index (κ3) is 4.92. The number of hydrogen-bond donors (Lipinski definition) is 1. The Morgan fingerprint density at radius 1 is 1.15 bits per heavy atom. The van der Waals surface area contributed by atoms with Crippen molar-refractivity contribution in [2.24, 2.45) is 0 Å². The Morgan fingerprint density at radius 3 is 2.33 bits per heavy atom. The number of nitrogens with one attached hydrogen (secondary N) is 1. The minimum Gasteiger partial charge on any atom is -0.322 e. The van der Waals surface area contributed by atoms with Crippen molar-refractivity contribution in [3.8, 4) is 0 Å². The molecule has 0 bridgehead atoms. The highest BCUT2D eigenvalue weighted by atomic mass is 35.5. The number of carbonyl (C=O) groups excluding carboxylic acids is 1. The van der Waals surface area contributed by atoms with E-state index >= 15 is 0 Å². The molecule has 5 nitrogen and oxygen atoms in total. The third-order valence-corrected chi connectivity index (χ3v) is 5.15. The van der Waals surface area contributed by atoms with Gasteiger partial charge in [0.05, 0.1) is 22.7 Å². The lowest BCUT2D eigenvalue weighted by atomic mass is 10.1. The van der Waals surface area contributed by atoms with Gasteiger partial charge in [0.25, 0.3) is 0 Å². The second-order valence-electron chi connectivity index (χ2n) is 5.69.